The Hall–Kier alpha value is -2.88. The molecule has 22 heavy (non-hydrogen) atoms. The van der Waals surface area contributed by atoms with E-state index in [1.807, 2.05) is 18.2 Å². The number of nitrogens with zero attached hydrogens (tertiary/aromatic N) is 2. The zero-order valence-corrected chi connectivity index (χ0v) is 11.8. The van der Waals surface area contributed by atoms with Gasteiger partial charge in [-0.25, -0.2) is 9.37 Å². The molecule has 0 unspecified atom stereocenters. The van der Waals surface area contributed by atoms with Gasteiger partial charge in [0.1, 0.15) is 11.5 Å². The minimum Gasteiger partial charge on any atom is -0.287 e. The molecule has 1 heterocycles. The first-order chi connectivity index (χ1) is 10.7. The number of halogens is 1. The van der Waals surface area contributed by atoms with Gasteiger partial charge in [0.2, 0.25) is 12.3 Å². The molecule has 0 saturated carbocycles. The first-order valence-electron chi connectivity index (χ1n) is 6.92. The van der Waals surface area contributed by atoms with E-state index in [1.165, 1.54) is 6.07 Å². The largest absolute Gasteiger partial charge is 0.287 e. The van der Waals surface area contributed by atoms with Gasteiger partial charge in [-0.3, -0.25) is 4.79 Å². The van der Waals surface area contributed by atoms with E-state index in [9.17, 15) is 9.18 Å². The number of Topliss-reactive ketones (excluding diaryl/α,β-unsaturated/α-hetero) is 1. The molecule has 3 aromatic rings. The molecule has 0 aliphatic heterocycles. The molecule has 0 fully saturated rings. The SMILES string of the molecule is O=C(C[n+]1ccnc(-c2ccccc2F)c1)c1ccccc1. The molecule has 1 aromatic heterocycles. The van der Waals surface area contributed by atoms with E-state index in [-0.39, 0.29) is 18.1 Å². The summed E-state index contributed by atoms with van der Waals surface area (Å²) in [6, 6.07) is 15.5. The van der Waals surface area contributed by atoms with Crippen LogP contribution in [0.2, 0.25) is 0 Å². The maximum Gasteiger partial charge on any atom is 0.227 e. The van der Waals surface area contributed by atoms with Crippen molar-refractivity contribution in [1.29, 1.82) is 0 Å². The lowest BCUT2D eigenvalue weighted by atomic mass is 10.1. The van der Waals surface area contributed by atoms with Gasteiger partial charge in [-0.2, -0.15) is 4.57 Å². The fraction of sp³-hybridized carbons (Fsp3) is 0.0556. The highest BCUT2D eigenvalue weighted by molar-refractivity contribution is 5.94. The van der Waals surface area contributed by atoms with Crippen LogP contribution in [-0.2, 0) is 6.54 Å². The number of benzene rings is 2. The number of aromatic nitrogens is 2. The van der Waals surface area contributed by atoms with Gasteiger partial charge in [-0.05, 0) is 12.1 Å². The van der Waals surface area contributed by atoms with Gasteiger partial charge in [0.05, 0.1) is 6.20 Å². The highest BCUT2D eigenvalue weighted by Crippen LogP contribution is 2.18. The van der Waals surface area contributed by atoms with Crippen molar-refractivity contribution in [3.05, 3.63) is 84.6 Å². The molecule has 0 bridgehead atoms. The molecule has 0 spiro atoms. The van der Waals surface area contributed by atoms with Gasteiger partial charge in [-0.15, -0.1) is 0 Å². The van der Waals surface area contributed by atoms with Crippen molar-refractivity contribution < 1.29 is 13.8 Å². The van der Waals surface area contributed by atoms with Crippen LogP contribution in [-0.4, -0.2) is 10.8 Å². The maximum absolute atomic E-state index is 13.8. The van der Waals surface area contributed by atoms with Crippen LogP contribution in [0.25, 0.3) is 11.3 Å². The number of carbonyl (C=O) groups is 1. The zero-order chi connectivity index (χ0) is 15.4. The second-order valence-electron chi connectivity index (χ2n) is 4.88. The molecule has 0 aliphatic carbocycles. The van der Waals surface area contributed by atoms with Crippen molar-refractivity contribution in [3.63, 3.8) is 0 Å². The third-order valence-electron chi connectivity index (χ3n) is 3.33. The Bertz CT molecular complexity index is 803. The maximum atomic E-state index is 13.8. The second kappa shape index (κ2) is 6.26. The van der Waals surface area contributed by atoms with Gasteiger partial charge in [-0.1, -0.05) is 42.5 Å². The predicted octanol–water partition coefficient (Wildman–Crippen LogP) is 3.06. The second-order valence-corrected chi connectivity index (χ2v) is 4.88. The molecular weight excluding hydrogens is 279 g/mol. The van der Waals surface area contributed by atoms with Gasteiger partial charge in [0, 0.05) is 11.1 Å². The van der Waals surface area contributed by atoms with E-state index in [0.29, 0.717) is 16.8 Å². The highest BCUT2D eigenvalue weighted by Gasteiger charge is 2.14. The third kappa shape index (κ3) is 3.06. The van der Waals surface area contributed by atoms with Crippen LogP contribution in [0.4, 0.5) is 4.39 Å². The molecule has 3 rings (SSSR count). The van der Waals surface area contributed by atoms with Crippen LogP contribution in [0.15, 0.2) is 73.2 Å². The molecule has 0 N–H and O–H groups in total. The van der Waals surface area contributed by atoms with Gasteiger partial charge < -0.3 is 0 Å². The zero-order valence-electron chi connectivity index (χ0n) is 11.8. The Morgan fingerprint density at radius 3 is 2.55 bits per heavy atom. The van der Waals surface area contributed by atoms with Gasteiger partial charge in [0.25, 0.3) is 0 Å². The lowest BCUT2D eigenvalue weighted by molar-refractivity contribution is -0.683. The van der Waals surface area contributed by atoms with Crippen molar-refractivity contribution in [3.8, 4) is 11.3 Å². The molecule has 0 amide bonds. The molecule has 2 aromatic carbocycles. The smallest absolute Gasteiger partial charge is 0.227 e. The number of hydrogen-bond acceptors (Lipinski definition) is 2. The summed E-state index contributed by atoms with van der Waals surface area (Å²) < 4.78 is 15.5. The quantitative estimate of drug-likeness (QED) is 0.547. The topological polar surface area (TPSA) is 33.8 Å². The first kappa shape index (κ1) is 14.1. The molecule has 3 nitrogen and oxygen atoms in total. The fourth-order valence-electron chi connectivity index (χ4n) is 2.22. The number of ketones is 1. The summed E-state index contributed by atoms with van der Waals surface area (Å²) in [4.78, 5) is 16.4. The average Bonchev–Trinajstić information content (AvgIpc) is 2.56. The molecule has 0 atom stereocenters. The number of rotatable bonds is 4. The summed E-state index contributed by atoms with van der Waals surface area (Å²) >= 11 is 0. The van der Waals surface area contributed by atoms with E-state index in [0.717, 1.165) is 0 Å². The summed E-state index contributed by atoms with van der Waals surface area (Å²) in [5.74, 6) is -0.335. The summed E-state index contributed by atoms with van der Waals surface area (Å²) in [6.45, 7) is 0.188. The monoisotopic (exact) mass is 293 g/mol. The van der Waals surface area contributed by atoms with Crippen LogP contribution in [0.3, 0.4) is 0 Å². The normalized spacial score (nSPS) is 10.4. The van der Waals surface area contributed by atoms with Crippen LogP contribution >= 0.6 is 0 Å². The average molecular weight is 293 g/mol. The van der Waals surface area contributed by atoms with Crippen molar-refractivity contribution in [1.82, 2.24) is 4.98 Å². The third-order valence-corrected chi connectivity index (χ3v) is 3.33. The molecular formula is C18H14FN2O+. The van der Waals surface area contributed by atoms with E-state index in [2.05, 4.69) is 4.98 Å². The summed E-state index contributed by atoms with van der Waals surface area (Å²) in [5, 5.41) is 0. The van der Waals surface area contributed by atoms with Gasteiger partial charge >= 0.3 is 0 Å². The molecule has 0 saturated heterocycles. The number of carbonyl (C=O) groups excluding carboxylic acids is 1. The summed E-state index contributed by atoms with van der Waals surface area (Å²) in [6.07, 6.45) is 4.95. The Balaban J connectivity index is 1.86. The molecule has 0 radical (unpaired) electrons. The standard InChI is InChI=1S/C18H14FN2O/c19-16-9-5-4-8-15(16)17-12-21(11-10-20-17)13-18(22)14-6-2-1-3-7-14/h1-12H,13H2/q+1. The van der Waals surface area contributed by atoms with Crippen molar-refractivity contribution in [2.45, 2.75) is 6.54 Å². The van der Waals surface area contributed by atoms with Crippen molar-refractivity contribution in [2.75, 3.05) is 0 Å². The van der Waals surface area contributed by atoms with Crippen LogP contribution in [0.1, 0.15) is 10.4 Å². The summed E-state index contributed by atoms with van der Waals surface area (Å²) in [7, 11) is 0. The van der Waals surface area contributed by atoms with E-state index < -0.39 is 0 Å². The Morgan fingerprint density at radius 2 is 1.77 bits per heavy atom. The lowest BCUT2D eigenvalue weighted by Crippen LogP contribution is -2.37. The minimum absolute atomic E-state index is 0.00344. The molecule has 0 aliphatic rings. The lowest BCUT2D eigenvalue weighted by Gasteiger charge is -2.02. The van der Waals surface area contributed by atoms with Crippen LogP contribution in [0.5, 0.6) is 0 Å². The van der Waals surface area contributed by atoms with E-state index in [4.69, 9.17) is 0 Å². The Kier molecular flexibility index (Phi) is 4.01. The molecule has 4 heteroatoms. The minimum atomic E-state index is -0.331. The number of hydrogen-bond donors (Lipinski definition) is 0. The molecule has 108 valence electrons. The van der Waals surface area contributed by atoms with Crippen molar-refractivity contribution >= 4 is 5.78 Å². The van der Waals surface area contributed by atoms with Crippen LogP contribution < -0.4 is 4.57 Å². The predicted molar refractivity (Wildman–Crippen MR) is 80.6 cm³/mol. The van der Waals surface area contributed by atoms with Gasteiger partial charge in [0.15, 0.2) is 12.4 Å². The Morgan fingerprint density at radius 1 is 1.05 bits per heavy atom. The first-order valence-corrected chi connectivity index (χ1v) is 6.92. The Labute approximate surface area is 127 Å². The van der Waals surface area contributed by atoms with E-state index >= 15 is 0 Å². The van der Waals surface area contributed by atoms with Crippen LogP contribution in [0, 0.1) is 5.82 Å². The van der Waals surface area contributed by atoms with Crippen molar-refractivity contribution in [2.24, 2.45) is 0 Å². The highest BCUT2D eigenvalue weighted by atomic mass is 19.1. The van der Waals surface area contributed by atoms with E-state index in [1.54, 1.807) is 53.5 Å². The summed E-state index contributed by atoms with van der Waals surface area (Å²) in [5.41, 5.74) is 1.57. The fourth-order valence-corrected chi connectivity index (χ4v) is 2.22.